The molecule has 0 saturated carbocycles. The van der Waals surface area contributed by atoms with E-state index in [-0.39, 0.29) is 0 Å². The maximum absolute atomic E-state index is 10.2. The maximum Gasteiger partial charge on any atom is 0.404 e. The molecule has 0 aliphatic carbocycles. The van der Waals surface area contributed by atoms with Crippen molar-refractivity contribution in [1.29, 1.82) is 0 Å². The number of thiophene rings is 1. The average molecular weight is 185 g/mol. The van der Waals surface area contributed by atoms with Crippen LogP contribution in [0.2, 0.25) is 0 Å². The van der Waals surface area contributed by atoms with Gasteiger partial charge in [-0.05, 0) is 24.3 Å². The highest BCUT2D eigenvalue weighted by Crippen LogP contribution is 2.10. The summed E-state index contributed by atoms with van der Waals surface area (Å²) in [7, 11) is 0. The first-order chi connectivity index (χ1) is 5.79. The van der Waals surface area contributed by atoms with Crippen molar-refractivity contribution in [2.24, 2.45) is 5.73 Å². The molecule has 1 heterocycles. The Hall–Kier alpha value is -1.03. The third-order valence-electron chi connectivity index (χ3n) is 1.39. The lowest BCUT2D eigenvalue weighted by Gasteiger charge is -1.98. The molecular weight excluding hydrogens is 174 g/mol. The van der Waals surface area contributed by atoms with Crippen LogP contribution >= 0.6 is 11.3 Å². The molecule has 12 heavy (non-hydrogen) atoms. The van der Waals surface area contributed by atoms with Crippen molar-refractivity contribution in [3.63, 3.8) is 0 Å². The van der Waals surface area contributed by atoms with Gasteiger partial charge in [-0.3, -0.25) is 0 Å². The fourth-order valence-corrected chi connectivity index (χ4v) is 1.63. The lowest BCUT2D eigenvalue weighted by molar-refractivity contribution is 0.155. The molecule has 0 radical (unpaired) electrons. The predicted octanol–water partition coefficient (Wildman–Crippen LogP) is 1.78. The number of hydrogen-bond acceptors (Lipinski definition) is 3. The van der Waals surface area contributed by atoms with Crippen LogP contribution in [0, 0.1) is 0 Å². The van der Waals surface area contributed by atoms with Gasteiger partial charge >= 0.3 is 6.09 Å². The number of nitrogens with two attached hydrogens (primary N) is 1. The molecule has 4 heteroatoms. The van der Waals surface area contributed by atoms with Crippen molar-refractivity contribution in [2.45, 2.75) is 12.8 Å². The standard InChI is InChI=1S/C8H11NO2S/c9-8(10)11-5-1-3-7-4-2-6-12-7/h2,4,6H,1,3,5H2,(H2,9,10). The van der Waals surface area contributed by atoms with Crippen molar-refractivity contribution < 1.29 is 9.53 Å². The molecule has 0 unspecified atom stereocenters. The van der Waals surface area contributed by atoms with Gasteiger partial charge in [0.05, 0.1) is 6.61 Å². The average Bonchev–Trinajstić information content (AvgIpc) is 2.49. The Labute approximate surface area is 75.1 Å². The summed E-state index contributed by atoms with van der Waals surface area (Å²) >= 11 is 1.71. The van der Waals surface area contributed by atoms with Crippen LogP contribution in [0.5, 0.6) is 0 Å². The Kier molecular flexibility index (Phi) is 3.60. The van der Waals surface area contributed by atoms with Crippen molar-refractivity contribution in [3.8, 4) is 0 Å². The predicted molar refractivity (Wildman–Crippen MR) is 48.2 cm³/mol. The molecule has 0 spiro atoms. The summed E-state index contributed by atoms with van der Waals surface area (Å²) in [5, 5.41) is 2.03. The van der Waals surface area contributed by atoms with Gasteiger partial charge in [-0.15, -0.1) is 11.3 Å². The summed E-state index contributed by atoms with van der Waals surface area (Å²) in [4.78, 5) is 11.5. The Bertz CT molecular complexity index is 233. The van der Waals surface area contributed by atoms with E-state index >= 15 is 0 Å². The highest BCUT2D eigenvalue weighted by atomic mass is 32.1. The third-order valence-corrected chi connectivity index (χ3v) is 2.33. The summed E-state index contributed by atoms with van der Waals surface area (Å²) in [5.74, 6) is 0. The van der Waals surface area contributed by atoms with Gasteiger partial charge in [-0.1, -0.05) is 6.07 Å². The van der Waals surface area contributed by atoms with Crippen molar-refractivity contribution in [1.82, 2.24) is 0 Å². The Morgan fingerprint density at radius 2 is 2.50 bits per heavy atom. The zero-order valence-corrected chi connectivity index (χ0v) is 7.47. The zero-order chi connectivity index (χ0) is 8.81. The van der Waals surface area contributed by atoms with Gasteiger partial charge in [-0.25, -0.2) is 4.79 Å². The molecule has 2 N–H and O–H groups in total. The lowest BCUT2D eigenvalue weighted by atomic mass is 10.3. The number of hydrogen-bond donors (Lipinski definition) is 1. The molecule has 66 valence electrons. The van der Waals surface area contributed by atoms with E-state index in [0.717, 1.165) is 12.8 Å². The largest absolute Gasteiger partial charge is 0.450 e. The second kappa shape index (κ2) is 4.77. The molecule has 0 fully saturated rings. The number of ether oxygens (including phenoxy) is 1. The van der Waals surface area contributed by atoms with Crippen LogP contribution in [0.25, 0.3) is 0 Å². The monoisotopic (exact) mass is 185 g/mol. The summed E-state index contributed by atoms with van der Waals surface area (Å²) in [5.41, 5.74) is 4.79. The SMILES string of the molecule is NC(=O)OCCCc1cccs1. The maximum atomic E-state index is 10.2. The van der Waals surface area contributed by atoms with E-state index in [1.165, 1.54) is 4.88 Å². The molecule has 0 aromatic carbocycles. The van der Waals surface area contributed by atoms with Crippen LogP contribution in [0.3, 0.4) is 0 Å². The van der Waals surface area contributed by atoms with Crippen LogP contribution in [0.1, 0.15) is 11.3 Å². The van der Waals surface area contributed by atoms with E-state index < -0.39 is 6.09 Å². The van der Waals surface area contributed by atoms with Crippen LogP contribution in [0.4, 0.5) is 4.79 Å². The summed E-state index contributed by atoms with van der Waals surface area (Å²) < 4.78 is 4.58. The normalized spacial score (nSPS) is 9.67. The Morgan fingerprint density at radius 3 is 3.08 bits per heavy atom. The van der Waals surface area contributed by atoms with Gasteiger partial charge in [0.25, 0.3) is 0 Å². The van der Waals surface area contributed by atoms with Gasteiger partial charge in [0.1, 0.15) is 0 Å². The summed E-state index contributed by atoms with van der Waals surface area (Å²) in [6.07, 6.45) is 1.09. The number of aryl methyl sites for hydroxylation is 1. The minimum atomic E-state index is -0.693. The molecule has 1 rings (SSSR count). The smallest absolute Gasteiger partial charge is 0.404 e. The Balaban J connectivity index is 2.07. The van der Waals surface area contributed by atoms with E-state index in [1.54, 1.807) is 11.3 Å². The number of rotatable bonds is 4. The molecule has 0 saturated heterocycles. The zero-order valence-electron chi connectivity index (χ0n) is 6.66. The molecule has 1 amide bonds. The number of carbonyl (C=O) groups excluding carboxylic acids is 1. The molecule has 3 nitrogen and oxygen atoms in total. The van der Waals surface area contributed by atoms with Gasteiger partial charge in [0.15, 0.2) is 0 Å². The van der Waals surface area contributed by atoms with Crippen LogP contribution in [-0.4, -0.2) is 12.7 Å². The number of amides is 1. The minimum absolute atomic E-state index is 0.410. The van der Waals surface area contributed by atoms with E-state index in [0.29, 0.717) is 6.61 Å². The van der Waals surface area contributed by atoms with Gasteiger partial charge in [0.2, 0.25) is 0 Å². The third kappa shape index (κ3) is 3.39. The number of carbonyl (C=O) groups is 1. The molecule has 1 aromatic rings. The van der Waals surface area contributed by atoms with Gasteiger partial charge in [0, 0.05) is 4.88 Å². The van der Waals surface area contributed by atoms with E-state index in [4.69, 9.17) is 5.73 Å². The lowest BCUT2D eigenvalue weighted by Crippen LogP contribution is -2.13. The topological polar surface area (TPSA) is 52.3 Å². The number of primary amides is 1. The molecule has 1 aromatic heterocycles. The highest BCUT2D eigenvalue weighted by Gasteiger charge is 1.95. The molecule has 0 aliphatic rings. The summed E-state index contributed by atoms with van der Waals surface area (Å²) in [6, 6.07) is 4.07. The van der Waals surface area contributed by atoms with Crippen LogP contribution in [0.15, 0.2) is 17.5 Å². The van der Waals surface area contributed by atoms with Crippen LogP contribution < -0.4 is 5.73 Å². The highest BCUT2D eigenvalue weighted by molar-refractivity contribution is 7.09. The molecule has 0 atom stereocenters. The molecule has 0 aliphatic heterocycles. The van der Waals surface area contributed by atoms with E-state index in [2.05, 4.69) is 10.8 Å². The van der Waals surface area contributed by atoms with Crippen molar-refractivity contribution in [2.75, 3.05) is 6.61 Å². The van der Waals surface area contributed by atoms with Crippen molar-refractivity contribution >= 4 is 17.4 Å². The van der Waals surface area contributed by atoms with Gasteiger partial charge in [-0.2, -0.15) is 0 Å². The van der Waals surface area contributed by atoms with E-state index in [1.807, 2.05) is 11.4 Å². The second-order valence-corrected chi connectivity index (χ2v) is 3.38. The minimum Gasteiger partial charge on any atom is -0.450 e. The first-order valence-electron chi connectivity index (χ1n) is 3.73. The molecule has 0 bridgehead atoms. The van der Waals surface area contributed by atoms with E-state index in [9.17, 15) is 4.79 Å². The fourth-order valence-electron chi connectivity index (χ4n) is 0.874. The van der Waals surface area contributed by atoms with Gasteiger partial charge < -0.3 is 10.5 Å². The summed E-state index contributed by atoms with van der Waals surface area (Å²) in [6.45, 7) is 0.410. The first-order valence-corrected chi connectivity index (χ1v) is 4.61. The Morgan fingerprint density at radius 1 is 1.67 bits per heavy atom. The van der Waals surface area contributed by atoms with Crippen LogP contribution in [-0.2, 0) is 11.2 Å². The quantitative estimate of drug-likeness (QED) is 0.727. The van der Waals surface area contributed by atoms with Crippen molar-refractivity contribution in [3.05, 3.63) is 22.4 Å². The fraction of sp³-hybridized carbons (Fsp3) is 0.375. The second-order valence-electron chi connectivity index (χ2n) is 2.35. The first kappa shape index (κ1) is 9.06. The molecular formula is C8H11NO2S.